The van der Waals surface area contributed by atoms with Gasteiger partial charge in [0, 0.05) is 5.56 Å². The first-order valence-electron chi connectivity index (χ1n) is 5.82. The van der Waals surface area contributed by atoms with Crippen molar-refractivity contribution in [1.82, 2.24) is 14.8 Å². The second kappa shape index (κ2) is 4.70. The van der Waals surface area contributed by atoms with Gasteiger partial charge in [0.1, 0.15) is 0 Å². The number of aromatic nitrogens is 3. The van der Waals surface area contributed by atoms with E-state index in [0.29, 0.717) is 4.77 Å². The van der Waals surface area contributed by atoms with Gasteiger partial charge in [0.25, 0.3) is 0 Å². The van der Waals surface area contributed by atoms with E-state index in [4.69, 9.17) is 12.2 Å². The van der Waals surface area contributed by atoms with Gasteiger partial charge < -0.3 is 0 Å². The molecule has 0 amide bonds. The molecule has 5 heteroatoms. The van der Waals surface area contributed by atoms with Crippen molar-refractivity contribution < 1.29 is 0 Å². The molecular formula is C14H11N3OS. The molecule has 94 valence electrons. The van der Waals surface area contributed by atoms with E-state index >= 15 is 0 Å². The molecule has 0 spiro atoms. The van der Waals surface area contributed by atoms with Gasteiger partial charge in [-0.2, -0.15) is 0 Å². The van der Waals surface area contributed by atoms with Gasteiger partial charge in [0.15, 0.2) is 0 Å². The monoisotopic (exact) mass is 269 g/mol. The molecule has 4 nitrogen and oxygen atoms in total. The Morgan fingerprint density at radius 3 is 2.26 bits per heavy atom. The van der Waals surface area contributed by atoms with Crippen LogP contribution in [0.3, 0.4) is 0 Å². The predicted octanol–water partition coefficient (Wildman–Crippen LogP) is 2.89. The standard InChI is InChI=1S/C14H11N3OS/c18-13-15-16-14(19)17(13)12-9-5-4-8-11(12)10-6-2-1-3-7-10/h1-9H,(H,15,18)(H,16,19). The fourth-order valence-corrected chi connectivity index (χ4v) is 2.29. The number of para-hydroxylation sites is 1. The summed E-state index contributed by atoms with van der Waals surface area (Å²) in [5, 5.41) is 5.15. The number of H-pyrrole nitrogens is 2. The molecule has 19 heavy (non-hydrogen) atoms. The van der Waals surface area contributed by atoms with Crippen LogP contribution < -0.4 is 5.69 Å². The molecule has 0 saturated heterocycles. The van der Waals surface area contributed by atoms with E-state index in [9.17, 15) is 4.79 Å². The molecule has 0 fully saturated rings. The van der Waals surface area contributed by atoms with Gasteiger partial charge in [-0.15, -0.1) is 0 Å². The van der Waals surface area contributed by atoms with E-state index in [-0.39, 0.29) is 5.69 Å². The minimum Gasteiger partial charge on any atom is -0.272 e. The number of benzene rings is 2. The molecule has 0 aliphatic carbocycles. The van der Waals surface area contributed by atoms with Gasteiger partial charge in [0.2, 0.25) is 4.77 Å². The lowest BCUT2D eigenvalue weighted by Gasteiger charge is -2.09. The first-order chi connectivity index (χ1) is 9.27. The minimum atomic E-state index is -0.270. The van der Waals surface area contributed by atoms with Crippen LogP contribution in [-0.2, 0) is 0 Å². The Morgan fingerprint density at radius 1 is 0.895 bits per heavy atom. The Kier molecular flexibility index (Phi) is 2.89. The summed E-state index contributed by atoms with van der Waals surface area (Å²) in [6.45, 7) is 0. The van der Waals surface area contributed by atoms with Gasteiger partial charge in [-0.25, -0.2) is 14.5 Å². The summed E-state index contributed by atoms with van der Waals surface area (Å²) >= 11 is 5.14. The van der Waals surface area contributed by atoms with Gasteiger partial charge in [-0.1, -0.05) is 48.5 Å². The van der Waals surface area contributed by atoms with Crippen LogP contribution in [0.5, 0.6) is 0 Å². The zero-order valence-corrected chi connectivity index (χ0v) is 10.8. The fraction of sp³-hybridized carbons (Fsp3) is 0. The molecule has 2 aromatic carbocycles. The molecule has 0 atom stereocenters. The van der Waals surface area contributed by atoms with E-state index in [0.717, 1.165) is 16.8 Å². The van der Waals surface area contributed by atoms with Crippen molar-refractivity contribution in [2.24, 2.45) is 0 Å². The van der Waals surface area contributed by atoms with Crippen molar-refractivity contribution in [2.45, 2.75) is 0 Å². The molecule has 0 radical (unpaired) electrons. The fourth-order valence-electron chi connectivity index (χ4n) is 2.06. The third-order valence-corrected chi connectivity index (χ3v) is 3.20. The van der Waals surface area contributed by atoms with Crippen LogP contribution in [0.1, 0.15) is 0 Å². The van der Waals surface area contributed by atoms with Crippen LogP contribution in [0.4, 0.5) is 0 Å². The number of nitrogens with zero attached hydrogens (tertiary/aromatic N) is 1. The van der Waals surface area contributed by atoms with Crippen molar-refractivity contribution in [2.75, 3.05) is 0 Å². The summed E-state index contributed by atoms with van der Waals surface area (Å²) in [7, 11) is 0. The SMILES string of the molecule is O=c1[nH][nH]c(=S)n1-c1ccccc1-c1ccccc1. The highest BCUT2D eigenvalue weighted by Gasteiger charge is 2.09. The highest BCUT2D eigenvalue weighted by molar-refractivity contribution is 7.71. The van der Waals surface area contributed by atoms with Gasteiger partial charge in [-0.05, 0) is 23.8 Å². The van der Waals surface area contributed by atoms with Gasteiger partial charge in [0.05, 0.1) is 5.69 Å². The summed E-state index contributed by atoms with van der Waals surface area (Å²) in [5.74, 6) is 0. The molecule has 2 N–H and O–H groups in total. The lowest BCUT2D eigenvalue weighted by atomic mass is 10.0. The van der Waals surface area contributed by atoms with Crippen molar-refractivity contribution >= 4 is 12.2 Å². The first-order valence-corrected chi connectivity index (χ1v) is 6.23. The van der Waals surface area contributed by atoms with E-state index in [2.05, 4.69) is 10.2 Å². The second-order valence-electron chi connectivity index (χ2n) is 4.08. The van der Waals surface area contributed by atoms with Crippen LogP contribution in [0.25, 0.3) is 16.8 Å². The molecule has 0 bridgehead atoms. The van der Waals surface area contributed by atoms with Crippen molar-refractivity contribution in [3.05, 3.63) is 69.9 Å². The van der Waals surface area contributed by atoms with Crippen molar-refractivity contribution in [1.29, 1.82) is 0 Å². The zero-order valence-electron chi connectivity index (χ0n) is 9.96. The van der Waals surface area contributed by atoms with E-state index < -0.39 is 0 Å². The van der Waals surface area contributed by atoms with Crippen LogP contribution in [0, 0.1) is 4.77 Å². The molecule has 3 rings (SSSR count). The zero-order chi connectivity index (χ0) is 13.2. The molecule has 1 aromatic heterocycles. The highest BCUT2D eigenvalue weighted by atomic mass is 32.1. The van der Waals surface area contributed by atoms with E-state index in [1.54, 1.807) is 0 Å². The predicted molar refractivity (Wildman–Crippen MR) is 77.0 cm³/mol. The minimum absolute atomic E-state index is 0.270. The number of aromatic amines is 2. The Labute approximate surface area is 114 Å². The molecule has 0 aliphatic rings. The normalized spacial score (nSPS) is 10.5. The Bertz CT molecular complexity index is 787. The highest BCUT2D eigenvalue weighted by Crippen LogP contribution is 2.25. The quantitative estimate of drug-likeness (QED) is 0.703. The molecular weight excluding hydrogens is 258 g/mol. The van der Waals surface area contributed by atoms with Crippen molar-refractivity contribution in [3.63, 3.8) is 0 Å². The number of nitrogens with one attached hydrogen (secondary N) is 2. The maximum atomic E-state index is 11.8. The summed E-state index contributed by atoms with van der Waals surface area (Å²) in [4.78, 5) is 11.8. The van der Waals surface area contributed by atoms with Crippen LogP contribution in [-0.4, -0.2) is 14.8 Å². The van der Waals surface area contributed by atoms with E-state index in [1.165, 1.54) is 4.57 Å². The maximum absolute atomic E-state index is 11.8. The Morgan fingerprint density at radius 2 is 1.58 bits per heavy atom. The van der Waals surface area contributed by atoms with Gasteiger partial charge >= 0.3 is 5.69 Å². The van der Waals surface area contributed by atoms with Crippen LogP contribution in [0.2, 0.25) is 0 Å². The lowest BCUT2D eigenvalue weighted by Crippen LogP contribution is -2.15. The van der Waals surface area contributed by atoms with Crippen LogP contribution in [0.15, 0.2) is 59.4 Å². The smallest absolute Gasteiger partial charge is 0.272 e. The summed E-state index contributed by atoms with van der Waals surface area (Å²) in [6.07, 6.45) is 0. The molecule has 1 heterocycles. The average molecular weight is 269 g/mol. The molecule has 0 unspecified atom stereocenters. The lowest BCUT2D eigenvalue weighted by molar-refractivity contribution is 0.977. The molecule has 3 aromatic rings. The van der Waals surface area contributed by atoms with E-state index in [1.807, 2.05) is 54.6 Å². The summed E-state index contributed by atoms with van der Waals surface area (Å²) in [6, 6.07) is 17.6. The van der Waals surface area contributed by atoms with Crippen molar-refractivity contribution in [3.8, 4) is 16.8 Å². The second-order valence-corrected chi connectivity index (χ2v) is 4.47. The largest absolute Gasteiger partial charge is 0.347 e. The Hall–Kier alpha value is -2.40. The number of rotatable bonds is 2. The maximum Gasteiger partial charge on any atom is 0.347 e. The molecule has 0 saturated carbocycles. The average Bonchev–Trinajstić information content (AvgIpc) is 2.79. The third kappa shape index (κ3) is 2.04. The topological polar surface area (TPSA) is 53.6 Å². The van der Waals surface area contributed by atoms with Gasteiger partial charge in [-0.3, -0.25) is 5.10 Å². The number of hydrogen-bond acceptors (Lipinski definition) is 2. The third-order valence-electron chi connectivity index (χ3n) is 2.91. The number of hydrogen-bond donors (Lipinski definition) is 2. The summed E-state index contributed by atoms with van der Waals surface area (Å²) < 4.78 is 1.81. The summed E-state index contributed by atoms with van der Waals surface area (Å²) in [5.41, 5.74) is 2.50. The first kappa shape index (κ1) is 11.7. The Balaban J connectivity index is 2.30. The molecule has 0 aliphatic heterocycles. The van der Waals surface area contributed by atoms with Crippen LogP contribution >= 0.6 is 12.2 Å².